The van der Waals surface area contributed by atoms with Gasteiger partial charge >= 0.3 is 5.97 Å². The summed E-state index contributed by atoms with van der Waals surface area (Å²) in [5, 5.41) is 20.1. The van der Waals surface area contributed by atoms with E-state index >= 15 is 0 Å². The summed E-state index contributed by atoms with van der Waals surface area (Å²) < 4.78 is 0. The Morgan fingerprint density at radius 1 is 1.43 bits per heavy atom. The highest BCUT2D eigenvalue weighted by Crippen LogP contribution is 2.31. The molecule has 0 bridgehead atoms. The first kappa shape index (κ1) is 15.0. The number of carbonyl (C=O) groups excluding carboxylic acids is 1. The van der Waals surface area contributed by atoms with E-state index in [9.17, 15) is 24.8 Å². The number of rotatable bonds is 3. The van der Waals surface area contributed by atoms with Crippen molar-refractivity contribution in [3.05, 3.63) is 39.4 Å². The molecule has 7 nitrogen and oxygen atoms in total. The van der Waals surface area contributed by atoms with Gasteiger partial charge in [-0.15, -0.1) is 0 Å². The molecule has 0 saturated carbocycles. The molecule has 1 heterocycles. The second kappa shape index (κ2) is 5.16. The zero-order valence-corrected chi connectivity index (χ0v) is 11.8. The van der Waals surface area contributed by atoms with E-state index in [0.717, 1.165) is 0 Å². The minimum Gasteiger partial charge on any atom is -0.480 e. The van der Waals surface area contributed by atoms with Gasteiger partial charge in [0, 0.05) is 23.7 Å². The van der Waals surface area contributed by atoms with Crippen LogP contribution in [0.15, 0.2) is 18.2 Å². The van der Waals surface area contributed by atoms with Crippen molar-refractivity contribution in [2.24, 2.45) is 0 Å². The molecule has 0 aromatic heterocycles. The van der Waals surface area contributed by atoms with E-state index in [1.54, 1.807) is 6.92 Å². The Kier molecular flexibility index (Phi) is 3.67. The second-order valence-electron chi connectivity index (χ2n) is 5.40. The van der Waals surface area contributed by atoms with E-state index in [1.807, 2.05) is 0 Å². The third kappa shape index (κ3) is 2.46. The van der Waals surface area contributed by atoms with E-state index in [0.29, 0.717) is 24.9 Å². The first-order valence-corrected chi connectivity index (χ1v) is 6.58. The highest BCUT2D eigenvalue weighted by molar-refractivity contribution is 5.98. The molecule has 1 aliphatic rings. The van der Waals surface area contributed by atoms with Gasteiger partial charge in [-0.3, -0.25) is 14.9 Å². The Morgan fingerprint density at radius 3 is 2.62 bits per heavy atom. The van der Waals surface area contributed by atoms with Crippen molar-refractivity contribution in [1.29, 1.82) is 0 Å². The number of aryl methyl sites for hydroxylation is 1. The standard InChI is InChI=1S/C14H16N2O5/c1-9-8-10(4-5-11(9)16(20)21)12(17)15-7-3-6-14(15,2)13(18)19/h4-5,8H,3,6-7H2,1-2H3,(H,18,19). The van der Waals surface area contributed by atoms with Crippen LogP contribution in [0.2, 0.25) is 0 Å². The van der Waals surface area contributed by atoms with Crippen LogP contribution < -0.4 is 0 Å². The van der Waals surface area contributed by atoms with E-state index < -0.39 is 22.3 Å². The molecule has 1 amide bonds. The number of nitro benzene ring substituents is 1. The van der Waals surface area contributed by atoms with Crippen LogP contribution in [0.3, 0.4) is 0 Å². The molecular formula is C14H16N2O5. The number of nitro groups is 1. The van der Waals surface area contributed by atoms with Gasteiger partial charge in [-0.05, 0) is 38.8 Å². The largest absolute Gasteiger partial charge is 0.480 e. The average molecular weight is 292 g/mol. The van der Waals surface area contributed by atoms with Gasteiger partial charge in [-0.1, -0.05) is 0 Å². The molecule has 112 valence electrons. The number of carboxylic acids is 1. The van der Waals surface area contributed by atoms with Crippen LogP contribution in [-0.4, -0.2) is 38.9 Å². The SMILES string of the molecule is Cc1cc(C(=O)N2CCCC2(C)C(=O)O)ccc1[N+](=O)[O-]. The lowest BCUT2D eigenvalue weighted by molar-refractivity contribution is -0.385. The zero-order valence-electron chi connectivity index (χ0n) is 11.8. The highest BCUT2D eigenvalue weighted by atomic mass is 16.6. The third-order valence-electron chi connectivity index (χ3n) is 3.99. The van der Waals surface area contributed by atoms with Crippen molar-refractivity contribution in [2.45, 2.75) is 32.2 Å². The average Bonchev–Trinajstić information content (AvgIpc) is 2.80. The Balaban J connectivity index is 2.34. The first-order valence-electron chi connectivity index (χ1n) is 6.58. The summed E-state index contributed by atoms with van der Waals surface area (Å²) in [6, 6.07) is 4.08. The maximum absolute atomic E-state index is 12.5. The summed E-state index contributed by atoms with van der Waals surface area (Å²) in [5.74, 6) is -1.44. The molecule has 0 spiro atoms. The number of likely N-dealkylation sites (tertiary alicyclic amines) is 1. The van der Waals surface area contributed by atoms with Crippen LogP contribution in [0.1, 0.15) is 35.7 Å². The molecule has 1 aliphatic heterocycles. The minimum absolute atomic E-state index is 0.0611. The fourth-order valence-corrected chi connectivity index (χ4v) is 2.66. The lowest BCUT2D eigenvalue weighted by Gasteiger charge is -2.31. The number of benzene rings is 1. The van der Waals surface area contributed by atoms with Crippen molar-refractivity contribution in [2.75, 3.05) is 6.54 Å². The predicted octanol–water partition coefficient (Wildman–Crippen LogP) is 1.98. The summed E-state index contributed by atoms with van der Waals surface area (Å²) in [6.07, 6.45) is 1.03. The Bertz CT molecular complexity index is 628. The summed E-state index contributed by atoms with van der Waals surface area (Å²) in [4.78, 5) is 35.5. The number of nitrogens with zero attached hydrogens (tertiary/aromatic N) is 2. The van der Waals surface area contributed by atoms with E-state index in [4.69, 9.17) is 0 Å². The normalized spacial score (nSPS) is 21.3. The summed E-state index contributed by atoms with van der Waals surface area (Å²) in [5.41, 5.74) is -0.629. The van der Waals surface area contributed by atoms with Gasteiger partial charge in [0.05, 0.1) is 4.92 Å². The van der Waals surface area contributed by atoms with Gasteiger partial charge in [0.25, 0.3) is 11.6 Å². The summed E-state index contributed by atoms with van der Waals surface area (Å²) in [6.45, 7) is 3.45. The predicted molar refractivity (Wildman–Crippen MR) is 74.1 cm³/mol. The van der Waals surface area contributed by atoms with E-state index in [-0.39, 0.29) is 11.3 Å². The molecule has 1 saturated heterocycles. The van der Waals surface area contributed by atoms with Crippen LogP contribution in [0.5, 0.6) is 0 Å². The molecular weight excluding hydrogens is 276 g/mol. The van der Waals surface area contributed by atoms with Crippen LogP contribution in [0.25, 0.3) is 0 Å². The van der Waals surface area contributed by atoms with Crippen molar-refractivity contribution in [3.63, 3.8) is 0 Å². The van der Waals surface area contributed by atoms with Crippen LogP contribution in [-0.2, 0) is 4.79 Å². The van der Waals surface area contributed by atoms with Crippen molar-refractivity contribution < 1.29 is 19.6 Å². The van der Waals surface area contributed by atoms with Crippen molar-refractivity contribution in [3.8, 4) is 0 Å². The van der Waals surface area contributed by atoms with Crippen LogP contribution in [0.4, 0.5) is 5.69 Å². The van der Waals surface area contributed by atoms with Gasteiger partial charge in [0.2, 0.25) is 0 Å². The quantitative estimate of drug-likeness (QED) is 0.678. The summed E-state index contributed by atoms with van der Waals surface area (Å²) >= 11 is 0. The molecule has 1 unspecified atom stereocenters. The third-order valence-corrected chi connectivity index (χ3v) is 3.99. The number of carboxylic acid groups (broad SMARTS) is 1. The van der Waals surface area contributed by atoms with Crippen LogP contribution in [0, 0.1) is 17.0 Å². The van der Waals surface area contributed by atoms with Crippen LogP contribution >= 0.6 is 0 Å². The first-order chi connectivity index (χ1) is 9.77. The molecule has 1 aromatic rings. The molecule has 0 aliphatic carbocycles. The zero-order chi connectivity index (χ0) is 15.8. The minimum atomic E-state index is -1.22. The molecule has 1 fully saturated rings. The fraction of sp³-hybridized carbons (Fsp3) is 0.429. The van der Waals surface area contributed by atoms with Gasteiger partial charge in [-0.2, -0.15) is 0 Å². The number of aliphatic carboxylic acids is 1. The van der Waals surface area contributed by atoms with Gasteiger partial charge in [-0.25, -0.2) is 4.79 Å². The number of hydrogen-bond acceptors (Lipinski definition) is 4. The smallest absolute Gasteiger partial charge is 0.329 e. The fourth-order valence-electron chi connectivity index (χ4n) is 2.66. The lowest BCUT2D eigenvalue weighted by Crippen LogP contribution is -2.50. The topological polar surface area (TPSA) is 101 Å². The molecule has 0 radical (unpaired) electrons. The molecule has 1 N–H and O–H groups in total. The Labute approximate surface area is 121 Å². The lowest BCUT2D eigenvalue weighted by atomic mass is 9.98. The number of hydrogen-bond donors (Lipinski definition) is 1. The molecule has 21 heavy (non-hydrogen) atoms. The molecule has 1 atom stereocenters. The molecule has 2 rings (SSSR count). The second-order valence-corrected chi connectivity index (χ2v) is 5.40. The van der Waals surface area contributed by atoms with E-state index in [2.05, 4.69) is 0 Å². The number of amides is 1. The van der Waals surface area contributed by atoms with Gasteiger partial charge in [0.1, 0.15) is 5.54 Å². The summed E-state index contributed by atoms with van der Waals surface area (Å²) in [7, 11) is 0. The highest BCUT2D eigenvalue weighted by Gasteiger charge is 2.46. The maximum Gasteiger partial charge on any atom is 0.329 e. The van der Waals surface area contributed by atoms with Crippen molar-refractivity contribution >= 4 is 17.6 Å². The molecule has 7 heteroatoms. The van der Waals surface area contributed by atoms with Gasteiger partial charge in [0.15, 0.2) is 0 Å². The maximum atomic E-state index is 12.5. The Hall–Kier alpha value is -2.44. The van der Waals surface area contributed by atoms with Crippen molar-refractivity contribution in [1.82, 2.24) is 4.90 Å². The number of carbonyl (C=O) groups is 2. The van der Waals surface area contributed by atoms with Gasteiger partial charge < -0.3 is 10.0 Å². The molecule has 1 aromatic carbocycles. The Morgan fingerprint density at radius 2 is 2.10 bits per heavy atom. The van der Waals surface area contributed by atoms with E-state index in [1.165, 1.54) is 30.0 Å². The monoisotopic (exact) mass is 292 g/mol.